The van der Waals surface area contributed by atoms with Gasteiger partial charge >= 0.3 is 0 Å². The standard InChI is InChI=1S/C19H15O2/c1-3-7-16(8-4-1)15-20-17-11-13-19(14-12-17)21-18-9-5-2-6-10-18/h1,3-14H,15H2. The van der Waals surface area contributed by atoms with Crippen LogP contribution in [0.15, 0.2) is 78.9 Å². The maximum atomic E-state index is 5.74. The second kappa shape index (κ2) is 6.62. The van der Waals surface area contributed by atoms with Crippen molar-refractivity contribution >= 4 is 0 Å². The van der Waals surface area contributed by atoms with E-state index < -0.39 is 0 Å². The molecule has 0 aliphatic rings. The first-order chi connectivity index (χ1) is 10.4. The molecule has 0 fully saturated rings. The van der Waals surface area contributed by atoms with Crippen molar-refractivity contribution in [3.8, 4) is 17.2 Å². The van der Waals surface area contributed by atoms with Gasteiger partial charge in [0.2, 0.25) is 0 Å². The summed E-state index contributed by atoms with van der Waals surface area (Å²) in [6.45, 7) is 0.565. The summed E-state index contributed by atoms with van der Waals surface area (Å²) in [5, 5.41) is 0. The molecule has 21 heavy (non-hydrogen) atoms. The van der Waals surface area contributed by atoms with Gasteiger partial charge in [-0.25, -0.2) is 0 Å². The van der Waals surface area contributed by atoms with Crippen LogP contribution in [0.1, 0.15) is 5.56 Å². The molecule has 0 atom stereocenters. The molecule has 0 amide bonds. The monoisotopic (exact) mass is 275 g/mol. The van der Waals surface area contributed by atoms with Crippen molar-refractivity contribution < 1.29 is 9.47 Å². The van der Waals surface area contributed by atoms with Crippen molar-refractivity contribution in [2.45, 2.75) is 6.61 Å². The molecule has 0 bridgehead atoms. The minimum absolute atomic E-state index is 0.565. The van der Waals surface area contributed by atoms with Gasteiger partial charge in [0.15, 0.2) is 0 Å². The molecule has 0 heterocycles. The first-order valence-corrected chi connectivity index (χ1v) is 6.81. The van der Waals surface area contributed by atoms with Crippen LogP contribution in [-0.4, -0.2) is 0 Å². The van der Waals surface area contributed by atoms with Gasteiger partial charge in [0.1, 0.15) is 23.9 Å². The lowest BCUT2D eigenvalue weighted by Crippen LogP contribution is -1.94. The predicted octanol–water partition coefficient (Wildman–Crippen LogP) is 4.86. The van der Waals surface area contributed by atoms with Crippen molar-refractivity contribution in [1.82, 2.24) is 0 Å². The highest BCUT2D eigenvalue weighted by molar-refractivity contribution is 5.35. The van der Waals surface area contributed by atoms with Crippen LogP contribution < -0.4 is 9.47 Å². The summed E-state index contributed by atoms with van der Waals surface area (Å²) < 4.78 is 11.5. The Bertz CT molecular complexity index is 661. The van der Waals surface area contributed by atoms with Crippen LogP contribution in [0.25, 0.3) is 0 Å². The van der Waals surface area contributed by atoms with Gasteiger partial charge in [-0.3, -0.25) is 0 Å². The number of hydrogen-bond acceptors (Lipinski definition) is 2. The molecule has 3 aromatic carbocycles. The van der Waals surface area contributed by atoms with E-state index in [1.807, 2.05) is 78.9 Å². The van der Waals surface area contributed by atoms with Crippen LogP contribution in [-0.2, 0) is 6.61 Å². The number of rotatable bonds is 5. The minimum Gasteiger partial charge on any atom is -0.489 e. The summed E-state index contributed by atoms with van der Waals surface area (Å²) >= 11 is 0. The van der Waals surface area contributed by atoms with E-state index in [1.54, 1.807) is 0 Å². The Hall–Kier alpha value is -2.74. The SMILES string of the molecule is [c]1ccc(Oc2ccc(OCc3ccccc3)cc2)cc1. The van der Waals surface area contributed by atoms with E-state index in [0.717, 1.165) is 22.8 Å². The van der Waals surface area contributed by atoms with Gasteiger partial charge in [-0.05, 0) is 48.0 Å². The second-order valence-corrected chi connectivity index (χ2v) is 4.58. The molecule has 0 saturated heterocycles. The summed E-state index contributed by atoms with van der Waals surface area (Å²) in [5.74, 6) is 2.41. The van der Waals surface area contributed by atoms with Crippen LogP contribution in [0.4, 0.5) is 0 Å². The molecular weight excluding hydrogens is 260 g/mol. The smallest absolute Gasteiger partial charge is 0.127 e. The number of hydrogen-bond donors (Lipinski definition) is 0. The maximum absolute atomic E-state index is 5.74. The van der Waals surface area contributed by atoms with E-state index in [4.69, 9.17) is 9.47 Å². The van der Waals surface area contributed by atoms with Crippen LogP contribution in [0, 0.1) is 6.07 Å². The zero-order chi connectivity index (χ0) is 14.3. The summed E-state index contributed by atoms with van der Waals surface area (Å²) in [7, 11) is 0. The lowest BCUT2D eigenvalue weighted by molar-refractivity contribution is 0.306. The van der Waals surface area contributed by atoms with E-state index in [-0.39, 0.29) is 0 Å². The zero-order valence-corrected chi connectivity index (χ0v) is 11.5. The normalized spacial score (nSPS) is 10.1. The van der Waals surface area contributed by atoms with Gasteiger partial charge in [-0.1, -0.05) is 42.5 Å². The van der Waals surface area contributed by atoms with Gasteiger partial charge in [-0.15, -0.1) is 0 Å². The molecule has 0 N–H and O–H groups in total. The van der Waals surface area contributed by atoms with Crippen LogP contribution in [0.5, 0.6) is 17.2 Å². The summed E-state index contributed by atoms with van der Waals surface area (Å²) in [6, 6.07) is 28.1. The van der Waals surface area contributed by atoms with E-state index in [2.05, 4.69) is 6.07 Å². The van der Waals surface area contributed by atoms with Crippen molar-refractivity contribution in [2.75, 3.05) is 0 Å². The third kappa shape index (κ3) is 3.86. The van der Waals surface area contributed by atoms with Gasteiger partial charge in [-0.2, -0.15) is 0 Å². The molecule has 0 aliphatic carbocycles. The molecule has 103 valence electrons. The molecule has 0 saturated carbocycles. The third-order valence-electron chi connectivity index (χ3n) is 3.00. The van der Waals surface area contributed by atoms with E-state index in [1.165, 1.54) is 0 Å². The molecule has 3 rings (SSSR count). The van der Waals surface area contributed by atoms with Gasteiger partial charge in [0.25, 0.3) is 0 Å². The average Bonchev–Trinajstić information content (AvgIpc) is 2.56. The highest BCUT2D eigenvalue weighted by Crippen LogP contribution is 2.23. The third-order valence-corrected chi connectivity index (χ3v) is 3.00. The zero-order valence-electron chi connectivity index (χ0n) is 11.5. The quantitative estimate of drug-likeness (QED) is 0.662. The molecule has 1 radical (unpaired) electrons. The summed E-state index contributed by atoms with van der Waals surface area (Å²) in [5.41, 5.74) is 1.15. The Labute approximate surface area is 124 Å². The average molecular weight is 275 g/mol. The molecule has 2 heteroatoms. The van der Waals surface area contributed by atoms with Gasteiger partial charge < -0.3 is 9.47 Å². The first kappa shape index (κ1) is 13.3. The van der Waals surface area contributed by atoms with E-state index in [9.17, 15) is 0 Å². The number of ether oxygens (including phenoxy) is 2. The second-order valence-electron chi connectivity index (χ2n) is 4.58. The molecular formula is C19H15O2. The fraction of sp³-hybridized carbons (Fsp3) is 0.0526. The predicted molar refractivity (Wildman–Crippen MR) is 82.6 cm³/mol. The minimum atomic E-state index is 0.565. The Morgan fingerprint density at radius 3 is 2.00 bits per heavy atom. The molecule has 2 nitrogen and oxygen atoms in total. The van der Waals surface area contributed by atoms with Gasteiger partial charge in [0, 0.05) is 0 Å². The van der Waals surface area contributed by atoms with Gasteiger partial charge in [0.05, 0.1) is 0 Å². The van der Waals surface area contributed by atoms with E-state index >= 15 is 0 Å². The Morgan fingerprint density at radius 1 is 0.667 bits per heavy atom. The van der Waals surface area contributed by atoms with Crippen molar-refractivity contribution in [1.29, 1.82) is 0 Å². The molecule has 0 aromatic heterocycles. The highest BCUT2D eigenvalue weighted by Gasteiger charge is 1.99. The lowest BCUT2D eigenvalue weighted by Gasteiger charge is -2.08. The molecule has 0 aliphatic heterocycles. The van der Waals surface area contributed by atoms with Crippen LogP contribution in [0.3, 0.4) is 0 Å². The summed E-state index contributed by atoms with van der Waals surface area (Å²) in [4.78, 5) is 0. The van der Waals surface area contributed by atoms with Crippen molar-refractivity contribution in [2.24, 2.45) is 0 Å². The van der Waals surface area contributed by atoms with Crippen molar-refractivity contribution in [3.63, 3.8) is 0 Å². The maximum Gasteiger partial charge on any atom is 0.127 e. The molecule has 3 aromatic rings. The van der Waals surface area contributed by atoms with Crippen LogP contribution in [0.2, 0.25) is 0 Å². The molecule has 0 unspecified atom stereocenters. The largest absolute Gasteiger partial charge is 0.489 e. The lowest BCUT2D eigenvalue weighted by atomic mass is 10.2. The van der Waals surface area contributed by atoms with E-state index in [0.29, 0.717) is 6.61 Å². The fourth-order valence-electron chi connectivity index (χ4n) is 1.92. The summed E-state index contributed by atoms with van der Waals surface area (Å²) in [6.07, 6.45) is 0. The molecule has 0 spiro atoms. The van der Waals surface area contributed by atoms with Crippen LogP contribution >= 0.6 is 0 Å². The fourth-order valence-corrected chi connectivity index (χ4v) is 1.92. The Balaban J connectivity index is 1.59. The Morgan fingerprint density at radius 2 is 1.29 bits per heavy atom. The highest BCUT2D eigenvalue weighted by atomic mass is 16.5. The first-order valence-electron chi connectivity index (χ1n) is 6.81. The number of benzene rings is 3. The Kier molecular flexibility index (Phi) is 4.18. The topological polar surface area (TPSA) is 18.5 Å². The van der Waals surface area contributed by atoms with Crippen molar-refractivity contribution in [3.05, 3.63) is 90.5 Å².